The summed E-state index contributed by atoms with van der Waals surface area (Å²) in [4.78, 5) is 23.7. The summed E-state index contributed by atoms with van der Waals surface area (Å²) in [6.07, 6.45) is 2.75. The van der Waals surface area contributed by atoms with Crippen LogP contribution in [0.2, 0.25) is 0 Å². The monoisotopic (exact) mass is 374 g/mol. The standard InChI is InChI=1S/C19H19FN2O5/c1-25-15-10-12(11-16(26-2)18(15)27-3)4-9-17(23)21-22-19(24)13-5-7-14(20)8-6-13/h4-11H,1-3H3,(H,21,23)(H,22,24)/b9-4+. The van der Waals surface area contributed by atoms with Crippen molar-refractivity contribution in [1.29, 1.82) is 0 Å². The summed E-state index contributed by atoms with van der Waals surface area (Å²) in [6.45, 7) is 0. The summed E-state index contributed by atoms with van der Waals surface area (Å²) in [7, 11) is 4.47. The molecule has 0 aliphatic heterocycles. The molecule has 0 fully saturated rings. The molecule has 2 amide bonds. The van der Waals surface area contributed by atoms with Gasteiger partial charge >= 0.3 is 0 Å². The average molecular weight is 374 g/mol. The number of halogens is 1. The fourth-order valence-electron chi connectivity index (χ4n) is 2.20. The SMILES string of the molecule is COc1cc(/C=C/C(=O)NNC(=O)c2ccc(F)cc2)cc(OC)c1OC. The van der Waals surface area contributed by atoms with Crippen molar-refractivity contribution in [3.05, 3.63) is 59.4 Å². The third-order valence-corrected chi connectivity index (χ3v) is 3.52. The fraction of sp³-hybridized carbons (Fsp3) is 0.158. The molecular formula is C19H19FN2O5. The Kier molecular flexibility index (Phi) is 6.76. The second kappa shape index (κ2) is 9.23. The molecule has 0 saturated heterocycles. The van der Waals surface area contributed by atoms with Gasteiger partial charge in [0.15, 0.2) is 11.5 Å². The molecular weight excluding hydrogens is 355 g/mol. The molecule has 27 heavy (non-hydrogen) atoms. The molecule has 0 atom stereocenters. The molecule has 0 spiro atoms. The zero-order valence-corrected chi connectivity index (χ0v) is 15.0. The van der Waals surface area contributed by atoms with Crippen LogP contribution in [0, 0.1) is 5.82 Å². The van der Waals surface area contributed by atoms with Crippen molar-refractivity contribution in [1.82, 2.24) is 10.9 Å². The number of ether oxygens (including phenoxy) is 3. The van der Waals surface area contributed by atoms with E-state index in [1.807, 2.05) is 0 Å². The van der Waals surface area contributed by atoms with Crippen molar-refractivity contribution < 1.29 is 28.2 Å². The van der Waals surface area contributed by atoms with Crippen molar-refractivity contribution in [2.45, 2.75) is 0 Å². The average Bonchev–Trinajstić information content (AvgIpc) is 2.69. The van der Waals surface area contributed by atoms with Gasteiger partial charge in [-0.25, -0.2) is 4.39 Å². The van der Waals surface area contributed by atoms with E-state index in [9.17, 15) is 14.0 Å². The van der Waals surface area contributed by atoms with E-state index in [2.05, 4.69) is 10.9 Å². The second-order valence-corrected chi connectivity index (χ2v) is 5.24. The lowest BCUT2D eigenvalue weighted by molar-refractivity contribution is -0.117. The minimum absolute atomic E-state index is 0.213. The molecule has 8 heteroatoms. The minimum atomic E-state index is -0.565. The molecule has 0 heterocycles. The van der Waals surface area contributed by atoms with Crippen molar-refractivity contribution in [3.63, 3.8) is 0 Å². The molecule has 0 saturated carbocycles. The maximum Gasteiger partial charge on any atom is 0.269 e. The summed E-state index contributed by atoms with van der Waals surface area (Å²) in [5.74, 6) is -0.246. The Morgan fingerprint density at radius 2 is 1.52 bits per heavy atom. The summed E-state index contributed by atoms with van der Waals surface area (Å²) in [5, 5.41) is 0. The van der Waals surface area contributed by atoms with E-state index in [1.54, 1.807) is 12.1 Å². The Labute approximate surface area is 155 Å². The lowest BCUT2D eigenvalue weighted by Crippen LogP contribution is -2.40. The van der Waals surface area contributed by atoms with E-state index in [4.69, 9.17) is 14.2 Å². The van der Waals surface area contributed by atoms with Gasteiger partial charge in [-0.3, -0.25) is 20.4 Å². The number of carbonyl (C=O) groups excluding carboxylic acids is 2. The van der Waals surface area contributed by atoms with E-state index >= 15 is 0 Å². The van der Waals surface area contributed by atoms with Gasteiger partial charge in [-0.1, -0.05) is 0 Å². The highest BCUT2D eigenvalue weighted by Crippen LogP contribution is 2.38. The number of benzene rings is 2. The molecule has 0 aromatic heterocycles. The van der Waals surface area contributed by atoms with Crippen LogP contribution in [-0.4, -0.2) is 33.1 Å². The Hall–Kier alpha value is -3.55. The van der Waals surface area contributed by atoms with Gasteiger partial charge in [0.2, 0.25) is 5.75 Å². The van der Waals surface area contributed by atoms with Crippen LogP contribution in [0.5, 0.6) is 17.2 Å². The molecule has 0 unspecified atom stereocenters. The summed E-state index contributed by atoms with van der Waals surface area (Å²) in [5.41, 5.74) is 5.32. The maximum absolute atomic E-state index is 12.8. The van der Waals surface area contributed by atoms with Crippen molar-refractivity contribution in [2.75, 3.05) is 21.3 Å². The van der Waals surface area contributed by atoms with E-state index in [0.717, 1.165) is 12.1 Å². The van der Waals surface area contributed by atoms with Gasteiger partial charge in [-0.05, 0) is 48.0 Å². The highest BCUT2D eigenvalue weighted by atomic mass is 19.1. The lowest BCUT2D eigenvalue weighted by atomic mass is 10.1. The number of carbonyl (C=O) groups is 2. The highest BCUT2D eigenvalue weighted by molar-refractivity contribution is 5.97. The first kappa shape index (κ1) is 19.8. The second-order valence-electron chi connectivity index (χ2n) is 5.24. The van der Waals surface area contributed by atoms with Gasteiger partial charge in [0, 0.05) is 11.6 Å². The van der Waals surface area contributed by atoms with Crippen LogP contribution in [-0.2, 0) is 4.79 Å². The number of methoxy groups -OCH3 is 3. The van der Waals surface area contributed by atoms with Crippen LogP contribution in [0.4, 0.5) is 4.39 Å². The summed E-state index contributed by atoms with van der Waals surface area (Å²) in [6, 6.07) is 8.26. The van der Waals surface area contributed by atoms with E-state index in [-0.39, 0.29) is 5.56 Å². The van der Waals surface area contributed by atoms with Crippen LogP contribution in [0.3, 0.4) is 0 Å². The van der Waals surface area contributed by atoms with Gasteiger partial charge in [-0.15, -0.1) is 0 Å². The maximum atomic E-state index is 12.8. The number of rotatable bonds is 6. The molecule has 2 N–H and O–H groups in total. The Balaban J connectivity index is 2.01. The van der Waals surface area contributed by atoms with Gasteiger partial charge in [-0.2, -0.15) is 0 Å². The first-order valence-electron chi connectivity index (χ1n) is 7.82. The van der Waals surface area contributed by atoms with Gasteiger partial charge in [0.1, 0.15) is 5.82 Å². The van der Waals surface area contributed by atoms with E-state index in [1.165, 1.54) is 45.6 Å². The Morgan fingerprint density at radius 3 is 2.04 bits per heavy atom. The largest absolute Gasteiger partial charge is 0.493 e. The first-order valence-corrected chi connectivity index (χ1v) is 7.82. The van der Waals surface area contributed by atoms with Gasteiger partial charge in [0.05, 0.1) is 21.3 Å². The summed E-state index contributed by atoms with van der Waals surface area (Å²) < 4.78 is 28.6. The number of nitrogens with one attached hydrogen (secondary N) is 2. The molecule has 0 radical (unpaired) electrons. The van der Waals surface area contributed by atoms with Crippen molar-refractivity contribution in [2.24, 2.45) is 0 Å². The third kappa shape index (κ3) is 5.21. The topological polar surface area (TPSA) is 85.9 Å². The number of hydrogen-bond acceptors (Lipinski definition) is 5. The lowest BCUT2D eigenvalue weighted by Gasteiger charge is -2.12. The van der Waals surface area contributed by atoms with E-state index < -0.39 is 17.6 Å². The van der Waals surface area contributed by atoms with Gasteiger partial charge in [0.25, 0.3) is 11.8 Å². The molecule has 142 valence electrons. The molecule has 2 aromatic carbocycles. The molecule has 0 aliphatic carbocycles. The predicted octanol–water partition coefficient (Wildman–Crippen LogP) is 2.33. The first-order chi connectivity index (χ1) is 13.0. The minimum Gasteiger partial charge on any atom is -0.493 e. The third-order valence-electron chi connectivity index (χ3n) is 3.52. The van der Waals surface area contributed by atoms with Crippen LogP contribution in [0.25, 0.3) is 6.08 Å². The Bertz CT molecular complexity index is 825. The number of hydrazine groups is 1. The summed E-state index contributed by atoms with van der Waals surface area (Å²) >= 11 is 0. The smallest absolute Gasteiger partial charge is 0.269 e. The molecule has 2 aromatic rings. The fourth-order valence-corrected chi connectivity index (χ4v) is 2.20. The van der Waals surface area contributed by atoms with E-state index in [0.29, 0.717) is 22.8 Å². The quantitative estimate of drug-likeness (QED) is 0.599. The van der Waals surface area contributed by atoms with Crippen molar-refractivity contribution >= 4 is 17.9 Å². The zero-order chi connectivity index (χ0) is 19.8. The van der Waals surface area contributed by atoms with Crippen LogP contribution < -0.4 is 25.1 Å². The van der Waals surface area contributed by atoms with Crippen LogP contribution in [0.1, 0.15) is 15.9 Å². The molecule has 0 bridgehead atoms. The Morgan fingerprint density at radius 1 is 0.926 bits per heavy atom. The highest BCUT2D eigenvalue weighted by Gasteiger charge is 2.12. The predicted molar refractivity (Wildman–Crippen MR) is 97.1 cm³/mol. The zero-order valence-electron chi connectivity index (χ0n) is 15.0. The van der Waals surface area contributed by atoms with Crippen molar-refractivity contribution in [3.8, 4) is 17.2 Å². The normalized spacial score (nSPS) is 10.4. The molecule has 2 rings (SSSR count). The number of hydrogen-bond donors (Lipinski definition) is 2. The van der Waals surface area contributed by atoms with Crippen LogP contribution in [0.15, 0.2) is 42.5 Å². The molecule has 7 nitrogen and oxygen atoms in total. The van der Waals surface area contributed by atoms with Crippen LogP contribution >= 0.6 is 0 Å². The van der Waals surface area contributed by atoms with Gasteiger partial charge < -0.3 is 14.2 Å². The number of amides is 2. The molecule has 0 aliphatic rings.